The smallest absolute Gasteiger partial charge is 0.315 e. The van der Waals surface area contributed by atoms with Crippen molar-refractivity contribution < 1.29 is 14.3 Å². The van der Waals surface area contributed by atoms with Gasteiger partial charge in [0.1, 0.15) is 0 Å². The van der Waals surface area contributed by atoms with Gasteiger partial charge < -0.3 is 20.1 Å². The number of ether oxygens (including phenoxy) is 2. The van der Waals surface area contributed by atoms with Gasteiger partial charge in [0.2, 0.25) is 0 Å². The molecular weight excluding hydrogens is 312 g/mol. The Kier molecular flexibility index (Phi) is 6.49. The molecule has 0 heterocycles. The first kappa shape index (κ1) is 15.6. The molecule has 106 valence electrons. The van der Waals surface area contributed by atoms with Gasteiger partial charge in [-0.05, 0) is 24.1 Å². The predicted molar refractivity (Wildman–Crippen MR) is 77.8 cm³/mol. The van der Waals surface area contributed by atoms with E-state index in [9.17, 15) is 4.79 Å². The molecule has 1 aromatic carbocycles. The van der Waals surface area contributed by atoms with Crippen LogP contribution in [0.3, 0.4) is 0 Å². The zero-order chi connectivity index (χ0) is 14.3. The van der Waals surface area contributed by atoms with Crippen LogP contribution in [0.1, 0.15) is 18.9 Å². The summed E-state index contributed by atoms with van der Waals surface area (Å²) in [4.78, 5) is 11.5. The normalized spacial score (nSPS) is 9.89. The zero-order valence-corrected chi connectivity index (χ0v) is 13.0. The second-order valence-electron chi connectivity index (χ2n) is 3.91. The van der Waals surface area contributed by atoms with E-state index in [2.05, 4.69) is 26.6 Å². The number of rotatable bonds is 6. The number of benzene rings is 1. The largest absolute Gasteiger partial charge is 0.493 e. The molecule has 0 aromatic heterocycles. The molecule has 0 aliphatic rings. The minimum Gasteiger partial charge on any atom is -0.493 e. The zero-order valence-electron chi connectivity index (χ0n) is 11.4. The van der Waals surface area contributed by atoms with Crippen molar-refractivity contribution in [3.8, 4) is 11.5 Å². The highest BCUT2D eigenvalue weighted by Gasteiger charge is 2.10. The van der Waals surface area contributed by atoms with Gasteiger partial charge in [-0.15, -0.1) is 0 Å². The summed E-state index contributed by atoms with van der Waals surface area (Å²) < 4.78 is 11.3. The number of halogens is 1. The summed E-state index contributed by atoms with van der Waals surface area (Å²) in [5.74, 6) is 1.28. The van der Waals surface area contributed by atoms with Crippen molar-refractivity contribution in [3.63, 3.8) is 0 Å². The maximum Gasteiger partial charge on any atom is 0.315 e. The second kappa shape index (κ2) is 7.89. The average molecular weight is 331 g/mol. The fourth-order valence-corrected chi connectivity index (χ4v) is 1.97. The van der Waals surface area contributed by atoms with Crippen LogP contribution in [-0.2, 0) is 6.54 Å². The van der Waals surface area contributed by atoms with E-state index in [0.29, 0.717) is 24.6 Å². The Balaban J connectivity index is 2.70. The third-order valence-corrected chi connectivity index (χ3v) is 3.27. The van der Waals surface area contributed by atoms with E-state index in [1.807, 2.05) is 19.1 Å². The summed E-state index contributed by atoms with van der Waals surface area (Å²) in [5, 5.41) is 5.54. The number of urea groups is 1. The maximum atomic E-state index is 11.5. The molecule has 1 aromatic rings. The molecule has 0 saturated carbocycles. The number of methoxy groups -OCH3 is 2. The third-order valence-electron chi connectivity index (χ3n) is 2.53. The lowest BCUT2D eigenvalue weighted by Crippen LogP contribution is -2.35. The standard InChI is InChI=1S/C13H19BrN2O3/c1-4-5-15-13(17)16-8-9-6-11(18-2)12(19-3)7-10(9)14/h6-7H,4-5,8H2,1-3H3,(H2,15,16,17). The van der Waals surface area contributed by atoms with E-state index >= 15 is 0 Å². The van der Waals surface area contributed by atoms with Crippen molar-refractivity contribution in [1.82, 2.24) is 10.6 Å². The summed E-state index contributed by atoms with van der Waals surface area (Å²) in [6.45, 7) is 3.08. The summed E-state index contributed by atoms with van der Waals surface area (Å²) in [6, 6.07) is 3.48. The number of nitrogens with one attached hydrogen (secondary N) is 2. The molecule has 0 unspecified atom stereocenters. The quantitative estimate of drug-likeness (QED) is 0.843. The van der Waals surface area contributed by atoms with Gasteiger partial charge in [-0.25, -0.2) is 4.79 Å². The summed E-state index contributed by atoms with van der Waals surface area (Å²) in [7, 11) is 3.16. The van der Waals surface area contributed by atoms with E-state index in [4.69, 9.17) is 9.47 Å². The van der Waals surface area contributed by atoms with Crippen LogP contribution in [0.25, 0.3) is 0 Å². The van der Waals surface area contributed by atoms with Gasteiger partial charge in [0.25, 0.3) is 0 Å². The second-order valence-corrected chi connectivity index (χ2v) is 4.76. The molecule has 0 radical (unpaired) electrons. The molecule has 0 aliphatic heterocycles. The molecule has 0 bridgehead atoms. The van der Waals surface area contributed by atoms with Crippen molar-refractivity contribution in [1.29, 1.82) is 0 Å². The van der Waals surface area contributed by atoms with Gasteiger partial charge in [-0.2, -0.15) is 0 Å². The number of carbonyl (C=O) groups excluding carboxylic acids is 1. The fraction of sp³-hybridized carbons (Fsp3) is 0.462. The predicted octanol–water partition coefficient (Wildman–Crippen LogP) is 2.68. The number of amides is 2. The van der Waals surface area contributed by atoms with E-state index in [1.165, 1.54) is 0 Å². The Labute approximate surface area is 121 Å². The fourth-order valence-electron chi connectivity index (χ4n) is 1.51. The molecule has 2 N–H and O–H groups in total. The number of hydrogen-bond donors (Lipinski definition) is 2. The minimum absolute atomic E-state index is 0.177. The van der Waals surface area contributed by atoms with E-state index in [-0.39, 0.29) is 6.03 Å². The molecule has 0 spiro atoms. The van der Waals surface area contributed by atoms with Gasteiger partial charge in [-0.1, -0.05) is 22.9 Å². The van der Waals surface area contributed by atoms with Crippen molar-refractivity contribution in [2.75, 3.05) is 20.8 Å². The van der Waals surface area contributed by atoms with Crippen molar-refractivity contribution in [3.05, 3.63) is 22.2 Å². The van der Waals surface area contributed by atoms with Crippen LogP contribution < -0.4 is 20.1 Å². The molecular formula is C13H19BrN2O3. The highest BCUT2D eigenvalue weighted by Crippen LogP contribution is 2.33. The molecule has 2 amide bonds. The van der Waals surface area contributed by atoms with Crippen LogP contribution in [0.15, 0.2) is 16.6 Å². The van der Waals surface area contributed by atoms with Crippen LogP contribution in [0, 0.1) is 0 Å². The molecule has 0 aliphatic carbocycles. The van der Waals surface area contributed by atoms with Gasteiger partial charge in [-0.3, -0.25) is 0 Å². The Hall–Kier alpha value is -1.43. The lowest BCUT2D eigenvalue weighted by molar-refractivity contribution is 0.240. The Bertz CT molecular complexity index is 438. The monoisotopic (exact) mass is 330 g/mol. The minimum atomic E-state index is -0.177. The topological polar surface area (TPSA) is 59.6 Å². The van der Waals surface area contributed by atoms with Gasteiger partial charge in [0, 0.05) is 17.6 Å². The molecule has 0 fully saturated rings. The highest BCUT2D eigenvalue weighted by atomic mass is 79.9. The molecule has 5 nitrogen and oxygen atoms in total. The van der Waals surface area contributed by atoms with Crippen LogP contribution in [0.2, 0.25) is 0 Å². The first-order chi connectivity index (χ1) is 9.12. The SMILES string of the molecule is CCCNC(=O)NCc1cc(OC)c(OC)cc1Br. The van der Waals surface area contributed by atoms with Crippen LogP contribution >= 0.6 is 15.9 Å². The lowest BCUT2D eigenvalue weighted by Gasteiger charge is -2.12. The van der Waals surface area contributed by atoms with E-state index in [0.717, 1.165) is 16.5 Å². The van der Waals surface area contributed by atoms with Gasteiger partial charge in [0.15, 0.2) is 11.5 Å². The Morgan fingerprint density at radius 3 is 2.42 bits per heavy atom. The van der Waals surface area contributed by atoms with E-state index in [1.54, 1.807) is 14.2 Å². The van der Waals surface area contributed by atoms with Crippen LogP contribution in [0.5, 0.6) is 11.5 Å². The number of hydrogen-bond acceptors (Lipinski definition) is 3. The molecule has 1 rings (SSSR count). The summed E-state index contributed by atoms with van der Waals surface area (Å²) >= 11 is 3.45. The molecule has 6 heteroatoms. The van der Waals surface area contributed by atoms with Gasteiger partial charge >= 0.3 is 6.03 Å². The Morgan fingerprint density at radius 1 is 1.21 bits per heavy atom. The van der Waals surface area contributed by atoms with Crippen molar-refractivity contribution in [2.24, 2.45) is 0 Å². The lowest BCUT2D eigenvalue weighted by atomic mass is 10.2. The first-order valence-electron chi connectivity index (χ1n) is 6.04. The maximum absolute atomic E-state index is 11.5. The van der Waals surface area contributed by atoms with Gasteiger partial charge in [0.05, 0.1) is 14.2 Å². The summed E-state index contributed by atoms with van der Waals surface area (Å²) in [6.07, 6.45) is 0.910. The number of carbonyl (C=O) groups is 1. The molecule has 0 atom stereocenters. The first-order valence-corrected chi connectivity index (χ1v) is 6.83. The Morgan fingerprint density at radius 2 is 1.84 bits per heavy atom. The van der Waals surface area contributed by atoms with Crippen LogP contribution in [0.4, 0.5) is 4.79 Å². The third kappa shape index (κ3) is 4.63. The molecule has 0 saturated heterocycles. The highest BCUT2D eigenvalue weighted by molar-refractivity contribution is 9.10. The van der Waals surface area contributed by atoms with Crippen LogP contribution in [-0.4, -0.2) is 26.8 Å². The van der Waals surface area contributed by atoms with E-state index < -0.39 is 0 Å². The molecule has 19 heavy (non-hydrogen) atoms. The van der Waals surface area contributed by atoms with Crippen molar-refractivity contribution >= 4 is 22.0 Å². The average Bonchev–Trinajstić information content (AvgIpc) is 2.43. The van der Waals surface area contributed by atoms with Crippen molar-refractivity contribution in [2.45, 2.75) is 19.9 Å². The summed E-state index contributed by atoms with van der Waals surface area (Å²) in [5.41, 5.74) is 0.921.